The molecule has 0 saturated heterocycles. The fraction of sp³-hybridized carbons (Fsp3) is 0.889. The monoisotopic (exact) mass is 205 g/mol. The second-order valence-electron chi connectivity index (χ2n) is 4.55. The van der Waals surface area contributed by atoms with Gasteiger partial charge in [-0.3, -0.25) is 0 Å². The van der Waals surface area contributed by atoms with Crippen LogP contribution in [-0.4, -0.2) is 16.1 Å². The second kappa shape index (κ2) is 3.87. The lowest BCUT2D eigenvalue weighted by atomic mass is 9.80. The molecule has 0 saturated carbocycles. The standard InChI is InChI=1S/C9H16ClNS/c1-8(2,3)7(11-6-12)9(4,5)10/h7H,1-5H3. The van der Waals surface area contributed by atoms with Crippen molar-refractivity contribution in [2.24, 2.45) is 10.4 Å². The molecule has 0 fully saturated rings. The van der Waals surface area contributed by atoms with Crippen molar-refractivity contribution < 1.29 is 0 Å². The number of hydrogen-bond acceptors (Lipinski definition) is 2. The molecule has 0 aromatic heterocycles. The molecule has 0 bridgehead atoms. The van der Waals surface area contributed by atoms with E-state index in [0.717, 1.165) is 0 Å². The zero-order chi connectivity index (χ0) is 9.99. The Kier molecular flexibility index (Phi) is 3.89. The fourth-order valence-corrected chi connectivity index (χ4v) is 1.91. The van der Waals surface area contributed by atoms with Gasteiger partial charge in [-0.1, -0.05) is 20.8 Å². The fourth-order valence-electron chi connectivity index (χ4n) is 1.43. The predicted octanol–water partition coefficient (Wildman–Crippen LogP) is 3.52. The van der Waals surface area contributed by atoms with Crippen LogP contribution in [0.25, 0.3) is 0 Å². The first-order valence-corrected chi connectivity index (χ1v) is 4.74. The van der Waals surface area contributed by atoms with E-state index in [1.807, 2.05) is 13.8 Å². The third kappa shape index (κ3) is 3.66. The van der Waals surface area contributed by atoms with Crippen molar-refractivity contribution in [2.45, 2.75) is 45.5 Å². The molecule has 0 heterocycles. The Labute approximate surface area is 85.2 Å². The average molecular weight is 206 g/mol. The molecular weight excluding hydrogens is 190 g/mol. The van der Waals surface area contributed by atoms with Gasteiger partial charge < -0.3 is 0 Å². The number of aliphatic imine (C=N–C) groups is 1. The van der Waals surface area contributed by atoms with Gasteiger partial charge in [0, 0.05) is 0 Å². The van der Waals surface area contributed by atoms with Gasteiger partial charge >= 0.3 is 0 Å². The minimum absolute atomic E-state index is 0.00386. The number of alkyl halides is 1. The van der Waals surface area contributed by atoms with E-state index in [0.29, 0.717) is 0 Å². The van der Waals surface area contributed by atoms with E-state index in [1.165, 1.54) is 0 Å². The quantitative estimate of drug-likeness (QED) is 0.382. The van der Waals surface area contributed by atoms with Crippen LogP contribution in [0.3, 0.4) is 0 Å². The van der Waals surface area contributed by atoms with Gasteiger partial charge in [0.15, 0.2) is 0 Å². The van der Waals surface area contributed by atoms with Crippen LogP contribution in [0.4, 0.5) is 0 Å². The Hall–Kier alpha value is 0.0900. The first-order chi connectivity index (χ1) is 5.19. The molecular formula is C9H16ClNS. The summed E-state index contributed by atoms with van der Waals surface area (Å²) in [4.78, 5) is 3.73. The number of halogens is 1. The first-order valence-electron chi connectivity index (χ1n) is 3.95. The van der Waals surface area contributed by atoms with Gasteiger partial charge in [0.25, 0.3) is 0 Å². The summed E-state index contributed by atoms with van der Waals surface area (Å²) in [5, 5.41) is 2.40. The summed E-state index contributed by atoms with van der Waals surface area (Å²) >= 11 is 10.8. The van der Waals surface area contributed by atoms with Crippen molar-refractivity contribution in [2.75, 3.05) is 0 Å². The topological polar surface area (TPSA) is 12.4 Å². The maximum absolute atomic E-state index is 6.18. The molecule has 0 amide bonds. The van der Waals surface area contributed by atoms with Crippen LogP contribution in [0.2, 0.25) is 0 Å². The molecule has 1 nitrogen and oxygen atoms in total. The molecule has 0 rings (SSSR count). The van der Waals surface area contributed by atoms with Crippen LogP contribution >= 0.6 is 23.8 Å². The number of nitrogens with zero attached hydrogens (tertiary/aromatic N) is 1. The van der Waals surface area contributed by atoms with Crippen molar-refractivity contribution in [1.29, 1.82) is 0 Å². The molecule has 12 heavy (non-hydrogen) atoms. The largest absolute Gasteiger partial charge is 0.227 e. The number of isothiocyanates is 1. The van der Waals surface area contributed by atoms with Crippen LogP contribution in [0.5, 0.6) is 0 Å². The average Bonchev–Trinajstić information content (AvgIpc) is 1.77. The summed E-state index contributed by atoms with van der Waals surface area (Å²) in [6, 6.07) is 0.00386. The molecule has 0 aliphatic heterocycles. The van der Waals surface area contributed by atoms with Crippen LogP contribution in [-0.2, 0) is 0 Å². The van der Waals surface area contributed by atoms with Gasteiger partial charge in [0.05, 0.1) is 16.1 Å². The molecule has 3 heteroatoms. The maximum atomic E-state index is 6.18. The lowest BCUT2D eigenvalue weighted by Gasteiger charge is -2.34. The molecule has 1 atom stereocenters. The number of thiocarbonyl (C=S) groups is 1. The second-order valence-corrected chi connectivity index (χ2v) is 5.71. The first kappa shape index (κ1) is 12.1. The van der Waals surface area contributed by atoms with E-state index < -0.39 is 0 Å². The maximum Gasteiger partial charge on any atom is 0.0836 e. The normalized spacial score (nSPS) is 15.2. The van der Waals surface area contributed by atoms with Crippen molar-refractivity contribution >= 4 is 29.0 Å². The molecule has 0 radical (unpaired) electrons. The lowest BCUT2D eigenvalue weighted by molar-refractivity contribution is 0.279. The Morgan fingerprint density at radius 3 is 1.75 bits per heavy atom. The van der Waals surface area contributed by atoms with E-state index in [9.17, 15) is 0 Å². The van der Waals surface area contributed by atoms with Crippen LogP contribution in [0.15, 0.2) is 4.99 Å². The molecule has 0 aliphatic carbocycles. The predicted molar refractivity (Wildman–Crippen MR) is 58.2 cm³/mol. The highest BCUT2D eigenvalue weighted by Gasteiger charge is 2.36. The molecule has 70 valence electrons. The van der Waals surface area contributed by atoms with Crippen molar-refractivity contribution in [3.8, 4) is 0 Å². The summed E-state index contributed by atoms with van der Waals surface area (Å²) in [5.41, 5.74) is 0.0249. The van der Waals surface area contributed by atoms with Gasteiger partial charge in [0.2, 0.25) is 0 Å². The number of rotatable bonds is 2. The Morgan fingerprint density at radius 2 is 1.67 bits per heavy atom. The van der Waals surface area contributed by atoms with Crippen LogP contribution in [0.1, 0.15) is 34.6 Å². The highest BCUT2D eigenvalue weighted by molar-refractivity contribution is 7.78. The van der Waals surface area contributed by atoms with E-state index in [4.69, 9.17) is 11.6 Å². The molecule has 0 spiro atoms. The smallest absolute Gasteiger partial charge is 0.0836 e. The van der Waals surface area contributed by atoms with Crippen molar-refractivity contribution in [3.63, 3.8) is 0 Å². The van der Waals surface area contributed by atoms with E-state index >= 15 is 0 Å². The van der Waals surface area contributed by atoms with Gasteiger partial charge in [-0.2, -0.15) is 0 Å². The van der Waals surface area contributed by atoms with E-state index in [2.05, 4.69) is 43.1 Å². The van der Waals surface area contributed by atoms with Gasteiger partial charge in [-0.05, 0) is 31.5 Å². The minimum atomic E-state index is -0.371. The lowest BCUT2D eigenvalue weighted by Crippen LogP contribution is -2.39. The van der Waals surface area contributed by atoms with Gasteiger partial charge in [0.1, 0.15) is 0 Å². The van der Waals surface area contributed by atoms with Crippen molar-refractivity contribution in [1.82, 2.24) is 0 Å². The van der Waals surface area contributed by atoms with E-state index in [1.54, 1.807) is 0 Å². The number of hydrogen-bond donors (Lipinski definition) is 0. The highest BCUT2D eigenvalue weighted by atomic mass is 35.5. The Balaban J connectivity index is 4.81. The zero-order valence-corrected chi connectivity index (χ0v) is 9.88. The molecule has 1 unspecified atom stereocenters. The summed E-state index contributed by atoms with van der Waals surface area (Å²) in [6.07, 6.45) is 0. The third-order valence-corrected chi connectivity index (χ3v) is 1.96. The molecule has 0 aromatic rings. The summed E-state index contributed by atoms with van der Waals surface area (Å²) in [7, 11) is 0. The van der Waals surface area contributed by atoms with Gasteiger partial charge in [-0.15, -0.1) is 11.6 Å². The summed E-state index contributed by atoms with van der Waals surface area (Å²) < 4.78 is 0. The minimum Gasteiger partial charge on any atom is -0.227 e. The van der Waals surface area contributed by atoms with E-state index in [-0.39, 0.29) is 16.3 Å². The SMILES string of the molecule is CC(C)(C)C(N=C=S)C(C)(C)Cl. The Morgan fingerprint density at radius 1 is 1.25 bits per heavy atom. The molecule has 0 N–H and O–H groups in total. The third-order valence-electron chi connectivity index (χ3n) is 1.65. The van der Waals surface area contributed by atoms with Gasteiger partial charge in [-0.25, -0.2) is 4.99 Å². The summed E-state index contributed by atoms with van der Waals surface area (Å²) in [5.74, 6) is 0. The molecule has 0 aromatic carbocycles. The van der Waals surface area contributed by atoms with Crippen LogP contribution in [0, 0.1) is 5.41 Å². The van der Waals surface area contributed by atoms with Crippen molar-refractivity contribution in [3.05, 3.63) is 0 Å². The summed E-state index contributed by atoms with van der Waals surface area (Å²) in [6.45, 7) is 10.2. The highest BCUT2D eigenvalue weighted by Crippen LogP contribution is 2.34. The zero-order valence-electron chi connectivity index (χ0n) is 8.31. The Bertz CT molecular complexity index is 180. The molecule has 0 aliphatic rings. The van der Waals surface area contributed by atoms with Crippen LogP contribution < -0.4 is 0 Å².